The van der Waals surface area contributed by atoms with E-state index in [9.17, 15) is 8.42 Å². The molecule has 3 aromatic carbocycles. The number of oxazole rings is 1. The number of hydrogen-bond acceptors (Lipinski definition) is 6. The lowest BCUT2D eigenvalue weighted by Gasteiger charge is -2.16. The van der Waals surface area contributed by atoms with E-state index in [4.69, 9.17) is 8.94 Å². The summed E-state index contributed by atoms with van der Waals surface area (Å²) in [6.07, 6.45) is 3.13. The summed E-state index contributed by atoms with van der Waals surface area (Å²) < 4.78 is 40.4. The fourth-order valence-corrected chi connectivity index (χ4v) is 5.45. The Labute approximate surface area is 216 Å². The summed E-state index contributed by atoms with van der Waals surface area (Å²) in [6.45, 7) is 7.82. The van der Waals surface area contributed by atoms with Crippen LogP contribution in [0.3, 0.4) is 0 Å². The molecule has 37 heavy (non-hydrogen) atoms. The van der Waals surface area contributed by atoms with E-state index in [2.05, 4.69) is 53.0 Å². The van der Waals surface area contributed by atoms with Crippen molar-refractivity contribution in [2.45, 2.75) is 38.5 Å². The van der Waals surface area contributed by atoms with Gasteiger partial charge in [-0.1, -0.05) is 67.5 Å². The summed E-state index contributed by atoms with van der Waals surface area (Å²) in [5, 5.41) is 3.87. The minimum absolute atomic E-state index is 0.107. The molecule has 0 fully saturated rings. The van der Waals surface area contributed by atoms with Gasteiger partial charge in [-0.3, -0.25) is 0 Å². The van der Waals surface area contributed by atoms with E-state index in [0.29, 0.717) is 28.6 Å². The van der Waals surface area contributed by atoms with E-state index < -0.39 is 10.0 Å². The minimum Gasteiger partial charge on any atom is -0.445 e. The van der Waals surface area contributed by atoms with Crippen molar-refractivity contribution in [1.82, 2.24) is 10.1 Å². The van der Waals surface area contributed by atoms with Crippen LogP contribution in [0.1, 0.15) is 36.6 Å². The first kappa shape index (κ1) is 24.5. The van der Waals surface area contributed by atoms with Gasteiger partial charge in [-0.2, -0.15) is 0 Å². The van der Waals surface area contributed by atoms with Crippen molar-refractivity contribution in [2.75, 3.05) is 4.72 Å². The molecule has 0 aliphatic rings. The fraction of sp³-hybridized carbons (Fsp3) is 0.172. The molecule has 5 rings (SSSR count). The SMILES string of the molecule is Cc1noc(NS(=O)(=O)c2ccccc2-c2ccc(-c3ncco3)cc2-c2ccc(C(C)C)cc2)c1C. The third kappa shape index (κ3) is 4.80. The zero-order valence-corrected chi connectivity index (χ0v) is 21.8. The lowest BCUT2D eigenvalue weighted by atomic mass is 9.91. The van der Waals surface area contributed by atoms with Crippen LogP contribution >= 0.6 is 0 Å². The number of aryl methyl sites for hydroxylation is 1. The van der Waals surface area contributed by atoms with Crippen LogP contribution in [0.25, 0.3) is 33.7 Å². The van der Waals surface area contributed by atoms with Gasteiger partial charge in [0.2, 0.25) is 11.8 Å². The second-order valence-electron chi connectivity index (χ2n) is 9.20. The Morgan fingerprint density at radius 3 is 2.24 bits per heavy atom. The number of hydrogen-bond donors (Lipinski definition) is 1. The second-order valence-corrected chi connectivity index (χ2v) is 10.8. The zero-order chi connectivity index (χ0) is 26.2. The summed E-state index contributed by atoms with van der Waals surface area (Å²) in [4.78, 5) is 4.42. The number of benzene rings is 3. The van der Waals surface area contributed by atoms with Crippen LogP contribution in [0.5, 0.6) is 0 Å². The molecular formula is C29H27N3O4S. The first-order chi connectivity index (χ1) is 17.7. The Bertz CT molecular complexity index is 1650. The summed E-state index contributed by atoms with van der Waals surface area (Å²) >= 11 is 0. The maximum Gasteiger partial charge on any atom is 0.264 e. The van der Waals surface area contributed by atoms with Crippen LogP contribution in [-0.2, 0) is 10.0 Å². The van der Waals surface area contributed by atoms with Gasteiger partial charge in [0.05, 0.1) is 16.8 Å². The van der Waals surface area contributed by atoms with E-state index in [1.54, 1.807) is 38.2 Å². The molecule has 0 aliphatic carbocycles. The Morgan fingerprint density at radius 1 is 0.865 bits per heavy atom. The lowest BCUT2D eigenvalue weighted by molar-refractivity contribution is 0.430. The smallest absolute Gasteiger partial charge is 0.264 e. The first-order valence-electron chi connectivity index (χ1n) is 11.9. The predicted octanol–water partition coefficient (Wildman–Crippen LogP) is 7.20. The molecule has 0 saturated heterocycles. The van der Waals surface area contributed by atoms with E-state index in [0.717, 1.165) is 22.3 Å². The van der Waals surface area contributed by atoms with Gasteiger partial charge in [-0.15, -0.1) is 0 Å². The minimum atomic E-state index is -3.99. The molecule has 0 radical (unpaired) electrons. The van der Waals surface area contributed by atoms with Crippen LogP contribution in [-0.4, -0.2) is 18.6 Å². The predicted molar refractivity (Wildman–Crippen MR) is 144 cm³/mol. The molecular weight excluding hydrogens is 486 g/mol. The number of nitrogens with one attached hydrogen (secondary N) is 1. The molecule has 0 bridgehead atoms. The van der Waals surface area contributed by atoms with Crippen LogP contribution in [0.15, 0.2) is 93.0 Å². The maximum absolute atomic E-state index is 13.6. The van der Waals surface area contributed by atoms with E-state index in [1.165, 1.54) is 11.8 Å². The van der Waals surface area contributed by atoms with Gasteiger partial charge in [0.1, 0.15) is 6.26 Å². The number of sulfonamides is 1. The Morgan fingerprint density at radius 2 is 1.59 bits per heavy atom. The van der Waals surface area contributed by atoms with Crippen LogP contribution in [0.2, 0.25) is 0 Å². The van der Waals surface area contributed by atoms with Gasteiger partial charge in [0.25, 0.3) is 10.0 Å². The van der Waals surface area contributed by atoms with E-state index in [-0.39, 0.29) is 10.8 Å². The summed E-state index contributed by atoms with van der Waals surface area (Å²) in [5.41, 5.74) is 6.42. The van der Waals surface area contributed by atoms with Gasteiger partial charge in [-0.25, -0.2) is 18.1 Å². The molecule has 5 aromatic rings. The van der Waals surface area contributed by atoms with Crippen molar-refractivity contribution < 1.29 is 17.4 Å². The first-order valence-corrected chi connectivity index (χ1v) is 13.4. The van der Waals surface area contributed by atoms with Crippen molar-refractivity contribution in [1.29, 1.82) is 0 Å². The zero-order valence-electron chi connectivity index (χ0n) is 21.0. The highest BCUT2D eigenvalue weighted by molar-refractivity contribution is 7.92. The number of nitrogens with zero attached hydrogens (tertiary/aromatic N) is 2. The summed E-state index contributed by atoms with van der Waals surface area (Å²) in [5.74, 6) is 0.994. The average molecular weight is 514 g/mol. The van der Waals surface area contributed by atoms with Gasteiger partial charge in [0, 0.05) is 16.7 Å². The van der Waals surface area contributed by atoms with Crippen molar-refractivity contribution in [3.63, 3.8) is 0 Å². The number of anilines is 1. The van der Waals surface area contributed by atoms with Crippen molar-refractivity contribution in [3.8, 4) is 33.7 Å². The Kier molecular flexibility index (Phi) is 6.43. The van der Waals surface area contributed by atoms with Gasteiger partial charge in [-0.05, 0) is 60.2 Å². The Hall–Kier alpha value is -4.17. The number of aromatic nitrogens is 2. The van der Waals surface area contributed by atoms with E-state index >= 15 is 0 Å². The second kappa shape index (κ2) is 9.71. The lowest BCUT2D eigenvalue weighted by Crippen LogP contribution is -2.14. The summed E-state index contributed by atoms with van der Waals surface area (Å²) in [6, 6.07) is 21.0. The molecule has 0 aliphatic heterocycles. The van der Waals surface area contributed by atoms with Crippen molar-refractivity contribution in [3.05, 3.63) is 96.0 Å². The third-order valence-electron chi connectivity index (χ3n) is 6.44. The third-order valence-corrected chi connectivity index (χ3v) is 7.83. The standard InChI is InChI=1S/C29H27N3O4S/c1-18(2)21-9-11-22(12-10-21)26-17-23(29-30-15-16-35-29)13-14-24(26)25-7-5-6-8-27(25)37(33,34)32-28-19(3)20(4)31-36-28/h5-18,32H,1-4H3. The molecule has 188 valence electrons. The molecule has 0 atom stereocenters. The quantitative estimate of drug-likeness (QED) is 0.247. The van der Waals surface area contributed by atoms with E-state index in [1.807, 2.05) is 24.3 Å². The molecule has 0 unspecified atom stereocenters. The normalized spacial score (nSPS) is 11.7. The maximum atomic E-state index is 13.6. The molecule has 0 saturated carbocycles. The van der Waals surface area contributed by atoms with Gasteiger partial charge >= 0.3 is 0 Å². The highest BCUT2D eigenvalue weighted by Gasteiger charge is 2.24. The van der Waals surface area contributed by atoms with Crippen molar-refractivity contribution in [2.24, 2.45) is 0 Å². The van der Waals surface area contributed by atoms with Crippen LogP contribution in [0, 0.1) is 13.8 Å². The highest BCUT2D eigenvalue weighted by atomic mass is 32.2. The molecule has 8 heteroatoms. The molecule has 0 amide bonds. The fourth-order valence-electron chi connectivity index (χ4n) is 4.18. The molecule has 2 aromatic heterocycles. The van der Waals surface area contributed by atoms with Gasteiger partial charge in [0.15, 0.2) is 0 Å². The van der Waals surface area contributed by atoms with Gasteiger partial charge < -0.3 is 8.94 Å². The molecule has 1 N–H and O–H groups in total. The summed E-state index contributed by atoms with van der Waals surface area (Å²) in [7, 11) is -3.99. The monoisotopic (exact) mass is 513 g/mol. The average Bonchev–Trinajstić information content (AvgIpc) is 3.55. The Balaban J connectivity index is 1.67. The number of rotatable bonds is 7. The largest absolute Gasteiger partial charge is 0.445 e. The van der Waals surface area contributed by atoms with Crippen LogP contribution < -0.4 is 4.72 Å². The van der Waals surface area contributed by atoms with Crippen LogP contribution in [0.4, 0.5) is 5.88 Å². The molecule has 7 nitrogen and oxygen atoms in total. The van der Waals surface area contributed by atoms with Crippen molar-refractivity contribution >= 4 is 15.9 Å². The highest BCUT2D eigenvalue weighted by Crippen LogP contribution is 2.39. The molecule has 2 heterocycles. The molecule has 0 spiro atoms. The topological polar surface area (TPSA) is 98.2 Å².